The molecule has 4 heteroatoms. The van der Waals surface area contributed by atoms with Crippen LogP contribution in [-0.4, -0.2) is 47.9 Å². The van der Waals surface area contributed by atoms with Crippen molar-refractivity contribution < 1.29 is 4.79 Å². The average molecular weight is 365 g/mol. The molecule has 0 bridgehead atoms. The number of carbonyl (C=O) groups is 1. The minimum absolute atomic E-state index is 0. The van der Waals surface area contributed by atoms with E-state index in [2.05, 4.69) is 22.8 Å². The highest BCUT2D eigenvalue weighted by atomic mass is 35.5. The molecule has 2 aliphatic rings. The van der Waals surface area contributed by atoms with Gasteiger partial charge in [-0.25, -0.2) is 0 Å². The Morgan fingerprint density at radius 1 is 1.04 bits per heavy atom. The summed E-state index contributed by atoms with van der Waals surface area (Å²) in [6.45, 7) is 6.64. The van der Waals surface area contributed by atoms with Crippen LogP contribution in [0.25, 0.3) is 0 Å². The number of nitrogens with zero attached hydrogens (tertiary/aromatic N) is 2. The lowest BCUT2D eigenvalue weighted by Crippen LogP contribution is -2.45. The highest BCUT2D eigenvalue weighted by Crippen LogP contribution is 2.23. The largest absolute Gasteiger partial charge is 0.336 e. The van der Waals surface area contributed by atoms with Gasteiger partial charge in [0.05, 0.1) is 0 Å². The molecule has 3 nitrogen and oxygen atoms in total. The fourth-order valence-corrected chi connectivity index (χ4v) is 4.20. The summed E-state index contributed by atoms with van der Waals surface area (Å²) < 4.78 is 0. The Morgan fingerprint density at radius 3 is 2.48 bits per heavy atom. The molecule has 2 aliphatic heterocycles. The minimum Gasteiger partial charge on any atom is -0.336 e. The first-order valence-corrected chi connectivity index (χ1v) is 9.84. The Balaban J connectivity index is 0.00000225. The molecule has 2 heterocycles. The van der Waals surface area contributed by atoms with Crippen LogP contribution in [0.2, 0.25) is 0 Å². The predicted octanol–water partition coefficient (Wildman–Crippen LogP) is 4.68. The van der Waals surface area contributed by atoms with E-state index in [1.54, 1.807) is 0 Å². The van der Waals surface area contributed by atoms with Crippen LogP contribution in [-0.2, 0) is 0 Å². The number of hydrogen-bond acceptors (Lipinski definition) is 2. The molecular weight excluding hydrogens is 332 g/mol. The molecule has 1 aromatic rings. The third-order valence-corrected chi connectivity index (χ3v) is 5.63. The molecule has 2 fully saturated rings. The van der Waals surface area contributed by atoms with Gasteiger partial charge in [-0.05, 0) is 70.7 Å². The summed E-state index contributed by atoms with van der Waals surface area (Å²) in [4.78, 5) is 17.8. The standard InChI is InChI=1S/C21H32N2O.ClH/c1-18-9-8-10-19(17-18)21(24)23-15-7-4-11-20(23)12-16-22-13-5-2-3-6-14-22;/h8-10,17,20H,2-7,11-16H2,1H3;1H. The van der Waals surface area contributed by atoms with Gasteiger partial charge < -0.3 is 9.80 Å². The van der Waals surface area contributed by atoms with Crippen molar-refractivity contribution in [2.75, 3.05) is 26.2 Å². The van der Waals surface area contributed by atoms with Crippen molar-refractivity contribution in [2.24, 2.45) is 0 Å². The Kier molecular flexibility index (Phi) is 8.25. The zero-order chi connectivity index (χ0) is 16.8. The number of rotatable bonds is 4. The SMILES string of the molecule is Cc1cccc(C(=O)N2CCCCC2CCN2CCCCCC2)c1.Cl. The predicted molar refractivity (Wildman–Crippen MR) is 107 cm³/mol. The smallest absolute Gasteiger partial charge is 0.254 e. The van der Waals surface area contributed by atoms with Crippen LogP contribution in [0.4, 0.5) is 0 Å². The normalized spacial score (nSPS) is 22.1. The minimum atomic E-state index is 0. The second-order valence-electron chi connectivity index (χ2n) is 7.56. The summed E-state index contributed by atoms with van der Waals surface area (Å²) in [5.41, 5.74) is 2.02. The summed E-state index contributed by atoms with van der Waals surface area (Å²) in [6, 6.07) is 8.48. The van der Waals surface area contributed by atoms with Gasteiger partial charge in [-0.3, -0.25) is 4.79 Å². The molecular formula is C21H33ClN2O. The molecule has 1 amide bonds. The van der Waals surface area contributed by atoms with Gasteiger partial charge in [0.1, 0.15) is 0 Å². The molecule has 0 saturated carbocycles. The maximum absolute atomic E-state index is 13.0. The first-order chi connectivity index (χ1) is 11.7. The fraction of sp³-hybridized carbons (Fsp3) is 0.667. The van der Waals surface area contributed by atoms with Crippen molar-refractivity contribution in [2.45, 2.75) is 64.3 Å². The van der Waals surface area contributed by atoms with Crippen LogP contribution in [0.5, 0.6) is 0 Å². The van der Waals surface area contributed by atoms with E-state index in [0.717, 1.165) is 31.5 Å². The number of hydrogen-bond donors (Lipinski definition) is 0. The topological polar surface area (TPSA) is 23.6 Å². The molecule has 0 aliphatic carbocycles. The van der Waals surface area contributed by atoms with Crippen LogP contribution >= 0.6 is 12.4 Å². The van der Waals surface area contributed by atoms with Crippen molar-refractivity contribution in [1.29, 1.82) is 0 Å². The number of amides is 1. The third-order valence-electron chi connectivity index (χ3n) is 5.63. The van der Waals surface area contributed by atoms with E-state index < -0.39 is 0 Å². The van der Waals surface area contributed by atoms with Crippen LogP contribution in [0.3, 0.4) is 0 Å². The summed E-state index contributed by atoms with van der Waals surface area (Å²) >= 11 is 0. The summed E-state index contributed by atoms with van der Waals surface area (Å²) in [6.07, 6.45) is 10.2. The zero-order valence-electron chi connectivity index (χ0n) is 15.6. The highest BCUT2D eigenvalue weighted by molar-refractivity contribution is 5.94. The van der Waals surface area contributed by atoms with E-state index in [0.29, 0.717) is 6.04 Å². The van der Waals surface area contributed by atoms with E-state index in [9.17, 15) is 4.79 Å². The second-order valence-corrected chi connectivity index (χ2v) is 7.56. The maximum Gasteiger partial charge on any atom is 0.254 e. The molecule has 2 saturated heterocycles. The van der Waals surface area contributed by atoms with Gasteiger partial charge in [0, 0.05) is 24.7 Å². The third kappa shape index (κ3) is 5.72. The van der Waals surface area contributed by atoms with Gasteiger partial charge in [0.15, 0.2) is 0 Å². The summed E-state index contributed by atoms with van der Waals surface area (Å²) in [5, 5.41) is 0. The second kappa shape index (κ2) is 10.2. The number of aryl methyl sites for hydroxylation is 1. The van der Waals surface area contributed by atoms with E-state index in [-0.39, 0.29) is 18.3 Å². The van der Waals surface area contributed by atoms with Crippen molar-refractivity contribution in [3.8, 4) is 0 Å². The quantitative estimate of drug-likeness (QED) is 0.774. The first kappa shape index (κ1) is 20.3. The van der Waals surface area contributed by atoms with E-state index >= 15 is 0 Å². The Morgan fingerprint density at radius 2 is 1.76 bits per heavy atom. The van der Waals surface area contributed by atoms with Gasteiger partial charge in [-0.1, -0.05) is 30.5 Å². The summed E-state index contributed by atoms with van der Waals surface area (Å²) in [5.74, 6) is 0.235. The lowest BCUT2D eigenvalue weighted by Gasteiger charge is -2.37. The maximum atomic E-state index is 13.0. The Bertz CT molecular complexity index is 540. The van der Waals surface area contributed by atoms with Gasteiger partial charge in [-0.2, -0.15) is 0 Å². The number of halogens is 1. The van der Waals surface area contributed by atoms with E-state index in [4.69, 9.17) is 0 Å². The molecule has 1 atom stereocenters. The molecule has 1 unspecified atom stereocenters. The zero-order valence-corrected chi connectivity index (χ0v) is 16.4. The monoisotopic (exact) mass is 364 g/mol. The molecule has 0 spiro atoms. The Hall–Kier alpha value is -1.06. The van der Waals surface area contributed by atoms with Crippen molar-refractivity contribution in [1.82, 2.24) is 9.80 Å². The van der Waals surface area contributed by atoms with Crippen LogP contribution in [0.1, 0.15) is 67.3 Å². The number of piperidine rings is 1. The number of likely N-dealkylation sites (tertiary alicyclic amines) is 2. The molecule has 0 radical (unpaired) electrons. The lowest BCUT2D eigenvalue weighted by atomic mass is 9.97. The van der Waals surface area contributed by atoms with E-state index in [1.807, 2.05) is 18.2 Å². The lowest BCUT2D eigenvalue weighted by molar-refractivity contribution is 0.0584. The van der Waals surface area contributed by atoms with Gasteiger partial charge in [0.2, 0.25) is 0 Å². The van der Waals surface area contributed by atoms with Gasteiger partial charge in [-0.15, -0.1) is 12.4 Å². The Labute approximate surface area is 159 Å². The van der Waals surface area contributed by atoms with Crippen molar-refractivity contribution in [3.63, 3.8) is 0 Å². The molecule has 0 aromatic heterocycles. The van der Waals surface area contributed by atoms with Crippen molar-refractivity contribution >= 4 is 18.3 Å². The van der Waals surface area contributed by atoms with Crippen molar-refractivity contribution in [3.05, 3.63) is 35.4 Å². The first-order valence-electron chi connectivity index (χ1n) is 9.84. The summed E-state index contributed by atoms with van der Waals surface area (Å²) in [7, 11) is 0. The van der Waals surface area contributed by atoms with Crippen LogP contribution in [0.15, 0.2) is 24.3 Å². The fourth-order valence-electron chi connectivity index (χ4n) is 4.20. The van der Waals surface area contributed by atoms with Gasteiger partial charge in [0.25, 0.3) is 5.91 Å². The van der Waals surface area contributed by atoms with Crippen LogP contribution < -0.4 is 0 Å². The molecule has 1 aromatic carbocycles. The molecule has 140 valence electrons. The van der Waals surface area contributed by atoms with E-state index in [1.165, 1.54) is 57.2 Å². The van der Waals surface area contributed by atoms with Crippen LogP contribution in [0, 0.1) is 6.92 Å². The molecule has 3 rings (SSSR count). The number of carbonyl (C=O) groups excluding carboxylic acids is 1. The van der Waals surface area contributed by atoms with Gasteiger partial charge >= 0.3 is 0 Å². The average Bonchev–Trinajstić information content (AvgIpc) is 2.88. The molecule has 0 N–H and O–H groups in total. The number of benzene rings is 1. The molecule has 25 heavy (non-hydrogen) atoms. The highest BCUT2D eigenvalue weighted by Gasteiger charge is 2.27.